The summed E-state index contributed by atoms with van der Waals surface area (Å²) in [6.45, 7) is 8.20. The minimum atomic E-state index is -0.539. The molecule has 1 saturated heterocycles. The summed E-state index contributed by atoms with van der Waals surface area (Å²) in [6, 6.07) is 4.56. The lowest BCUT2D eigenvalue weighted by molar-refractivity contribution is -0.385. The first-order valence-corrected chi connectivity index (χ1v) is 8.04. The maximum atomic E-state index is 12.2. The second-order valence-electron chi connectivity index (χ2n) is 7.04. The Kier molecular flexibility index (Phi) is 5.31. The Hall–Kier alpha value is -2.31. The number of likely N-dealkylation sites (tertiary alicyclic amines) is 1. The van der Waals surface area contributed by atoms with Crippen LogP contribution in [0.4, 0.5) is 10.5 Å². The highest BCUT2D eigenvalue weighted by Crippen LogP contribution is 2.25. The molecule has 1 amide bonds. The molecule has 7 heteroatoms. The first-order chi connectivity index (χ1) is 11.2. The fourth-order valence-corrected chi connectivity index (χ4v) is 2.68. The van der Waals surface area contributed by atoms with E-state index in [1.54, 1.807) is 17.9 Å². The summed E-state index contributed by atoms with van der Waals surface area (Å²) in [4.78, 5) is 24.4. The number of ether oxygens (including phenoxy) is 2. The molecule has 1 aliphatic heterocycles. The number of nitro benzene ring substituents is 1. The van der Waals surface area contributed by atoms with Crippen LogP contribution in [0.3, 0.4) is 0 Å². The van der Waals surface area contributed by atoms with Gasteiger partial charge in [-0.15, -0.1) is 0 Å². The molecule has 1 aliphatic rings. The van der Waals surface area contributed by atoms with E-state index in [-0.39, 0.29) is 17.8 Å². The first kappa shape index (κ1) is 18.0. The van der Waals surface area contributed by atoms with Crippen molar-refractivity contribution in [1.82, 2.24) is 4.90 Å². The summed E-state index contributed by atoms with van der Waals surface area (Å²) < 4.78 is 11.1. The molecule has 1 atom stereocenters. The normalized spacial score (nSPS) is 17.7. The molecule has 0 unspecified atom stereocenters. The summed E-state index contributed by atoms with van der Waals surface area (Å²) in [5.74, 6) is 0.442. The van der Waals surface area contributed by atoms with Crippen LogP contribution < -0.4 is 4.74 Å². The molecule has 1 heterocycles. The lowest BCUT2D eigenvalue weighted by Gasteiger charge is -2.28. The number of carbonyl (C=O) groups excluding carboxylic acids is 1. The Balaban J connectivity index is 2.00. The number of nitro groups is 1. The fourth-order valence-electron chi connectivity index (χ4n) is 2.68. The Morgan fingerprint density at radius 2 is 2.08 bits per heavy atom. The number of rotatable bonds is 4. The van der Waals surface area contributed by atoms with Crippen LogP contribution in [0.1, 0.15) is 39.2 Å². The Labute approximate surface area is 141 Å². The van der Waals surface area contributed by atoms with E-state index in [0.717, 1.165) is 18.4 Å². The molecule has 0 spiro atoms. The molecule has 1 fully saturated rings. The Morgan fingerprint density at radius 3 is 2.71 bits per heavy atom. The van der Waals surface area contributed by atoms with E-state index in [0.29, 0.717) is 18.9 Å². The van der Waals surface area contributed by atoms with Crippen LogP contribution in [0, 0.1) is 17.0 Å². The van der Waals surface area contributed by atoms with Gasteiger partial charge in [-0.2, -0.15) is 0 Å². The van der Waals surface area contributed by atoms with Crippen LogP contribution >= 0.6 is 0 Å². The van der Waals surface area contributed by atoms with E-state index >= 15 is 0 Å². The quantitative estimate of drug-likeness (QED) is 0.619. The van der Waals surface area contributed by atoms with Crippen molar-refractivity contribution in [3.05, 3.63) is 33.9 Å². The second kappa shape index (κ2) is 7.07. The van der Waals surface area contributed by atoms with E-state index < -0.39 is 10.5 Å². The van der Waals surface area contributed by atoms with Crippen LogP contribution in [-0.2, 0) is 4.74 Å². The van der Waals surface area contributed by atoms with Gasteiger partial charge in [-0.05, 0) is 52.2 Å². The maximum absolute atomic E-state index is 12.2. The molecular weight excluding hydrogens is 312 g/mol. The maximum Gasteiger partial charge on any atom is 0.410 e. The molecule has 0 saturated carbocycles. The molecule has 1 aromatic rings. The highest BCUT2D eigenvalue weighted by molar-refractivity contribution is 5.69. The van der Waals surface area contributed by atoms with Crippen molar-refractivity contribution in [3.8, 4) is 5.75 Å². The number of nitrogens with zero attached hydrogens (tertiary/aromatic N) is 2. The highest BCUT2D eigenvalue weighted by Gasteiger charge is 2.32. The number of aryl methyl sites for hydroxylation is 1. The van der Waals surface area contributed by atoms with E-state index in [2.05, 4.69) is 0 Å². The minimum Gasteiger partial charge on any atom is -0.491 e. The number of hydrogen-bond acceptors (Lipinski definition) is 5. The molecule has 0 aromatic heterocycles. The van der Waals surface area contributed by atoms with E-state index in [1.807, 2.05) is 20.8 Å². The van der Waals surface area contributed by atoms with Crippen molar-refractivity contribution in [2.45, 2.75) is 52.2 Å². The SMILES string of the molecule is Cc1cc(OC[C@H]2CCCN2C(=O)OC(C)(C)C)cc([N+](=O)[O-])c1. The minimum absolute atomic E-state index is 0.000389. The topological polar surface area (TPSA) is 81.9 Å². The van der Waals surface area contributed by atoms with Crippen LogP contribution in [0.15, 0.2) is 18.2 Å². The van der Waals surface area contributed by atoms with Crippen molar-refractivity contribution in [2.75, 3.05) is 13.2 Å². The molecule has 0 bridgehead atoms. The number of carbonyl (C=O) groups is 1. The summed E-state index contributed by atoms with van der Waals surface area (Å²) in [5, 5.41) is 10.9. The number of non-ortho nitro benzene ring substituents is 1. The molecule has 1 aromatic carbocycles. The third kappa shape index (κ3) is 4.84. The molecule has 0 aliphatic carbocycles. The van der Waals surface area contributed by atoms with Gasteiger partial charge in [0.05, 0.1) is 17.0 Å². The average molecular weight is 336 g/mol. The smallest absolute Gasteiger partial charge is 0.410 e. The zero-order valence-corrected chi connectivity index (χ0v) is 14.6. The molecule has 132 valence electrons. The van der Waals surface area contributed by atoms with E-state index in [1.165, 1.54) is 12.1 Å². The first-order valence-electron chi connectivity index (χ1n) is 8.04. The van der Waals surface area contributed by atoms with Crippen LogP contribution in [0.2, 0.25) is 0 Å². The molecule has 0 N–H and O–H groups in total. The monoisotopic (exact) mass is 336 g/mol. The van der Waals surface area contributed by atoms with Gasteiger partial charge in [-0.25, -0.2) is 4.79 Å². The van der Waals surface area contributed by atoms with Gasteiger partial charge in [0.1, 0.15) is 18.0 Å². The van der Waals surface area contributed by atoms with Gasteiger partial charge in [0.25, 0.3) is 5.69 Å². The third-order valence-electron chi connectivity index (χ3n) is 3.69. The highest BCUT2D eigenvalue weighted by atomic mass is 16.6. The lowest BCUT2D eigenvalue weighted by Crippen LogP contribution is -2.42. The van der Waals surface area contributed by atoms with Gasteiger partial charge in [-0.3, -0.25) is 10.1 Å². The van der Waals surface area contributed by atoms with E-state index in [4.69, 9.17) is 9.47 Å². The molecular formula is C17H24N2O5. The third-order valence-corrected chi connectivity index (χ3v) is 3.69. The summed E-state index contributed by atoms with van der Waals surface area (Å²) >= 11 is 0. The van der Waals surface area contributed by atoms with E-state index in [9.17, 15) is 14.9 Å². The number of hydrogen-bond donors (Lipinski definition) is 0. The van der Waals surface area contributed by atoms with Crippen molar-refractivity contribution in [1.29, 1.82) is 0 Å². The zero-order chi connectivity index (χ0) is 17.9. The van der Waals surface area contributed by atoms with Gasteiger partial charge in [0.2, 0.25) is 0 Å². The predicted octanol–water partition coefficient (Wildman–Crippen LogP) is 3.68. The summed E-state index contributed by atoms with van der Waals surface area (Å²) in [5.41, 5.74) is 0.220. The average Bonchev–Trinajstić information content (AvgIpc) is 2.91. The van der Waals surface area contributed by atoms with Crippen LogP contribution in [0.25, 0.3) is 0 Å². The van der Waals surface area contributed by atoms with Gasteiger partial charge in [0, 0.05) is 12.6 Å². The van der Waals surface area contributed by atoms with Gasteiger partial charge < -0.3 is 14.4 Å². The Bertz CT molecular complexity index is 624. The second-order valence-corrected chi connectivity index (χ2v) is 7.04. The Morgan fingerprint density at radius 1 is 1.38 bits per heavy atom. The van der Waals surface area contributed by atoms with Crippen molar-refractivity contribution in [3.63, 3.8) is 0 Å². The van der Waals surface area contributed by atoms with Crippen LogP contribution in [0.5, 0.6) is 5.75 Å². The van der Waals surface area contributed by atoms with Gasteiger partial charge in [0.15, 0.2) is 0 Å². The number of amides is 1. The van der Waals surface area contributed by atoms with Gasteiger partial charge in [-0.1, -0.05) is 0 Å². The molecule has 0 radical (unpaired) electrons. The summed E-state index contributed by atoms with van der Waals surface area (Å²) in [7, 11) is 0. The van der Waals surface area contributed by atoms with Crippen LogP contribution in [-0.4, -0.2) is 40.7 Å². The largest absolute Gasteiger partial charge is 0.491 e. The lowest BCUT2D eigenvalue weighted by atomic mass is 10.2. The van der Waals surface area contributed by atoms with Crippen molar-refractivity contribution in [2.24, 2.45) is 0 Å². The molecule has 7 nitrogen and oxygen atoms in total. The number of benzene rings is 1. The zero-order valence-electron chi connectivity index (χ0n) is 14.6. The molecule has 24 heavy (non-hydrogen) atoms. The van der Waals surface area contributed by atoms with Gasteiger partial charge >= 0.3 is 6.09 Å². The standard InChI is InChI=1S/C17H24N2O5/c1-12-8-14(19(21)22)10-15(9-12)23-11-13-6-5-7-18(13)16(20)24-17(2,3)4/h8-10,13H,5-7,11H2,1-4H3/t13-/m1/s1. The fraction of sp³-hybridized carbons (Fsp3) is 0.588. The summed E-state index contributed by atoms with van der Waals surface area (Å²) in [6.07, 6.45) is 1.37. The predicted molar refractivity (Wildman–Crippen MR) is 89.3 cm³/mol. The molecule has 2 rings (SSSR count). The van der Waals surface area contributed by atoms with Crippen molar-refractivity contribution < 1.29 is 19.2 Å². The van der Waals surface area contributed by atoms with Crippen molar-refractivity contribution >= 4 is 11.8 Å².